The Morgan fingerprint density at radius 1 is 1.67 bits per heavy atom. The summed E-state index contributed by atoms with van der Waals surface area (Å²) in [7, 11) is -1.68. The van der Waals surface area contributed by atoms with E-state index in [1.807, 2.05) is 6.92 Å². The van der Waals surface area contributed by atoms with Gasteiger partial charge in [0.15, 0.2) is 0 Å². The number of rotatable bonds is 4. The van der Waals surface area contributed by atoms with Crippen molar-refractivity contribution in [3.8, 4) is 0 Å². The Hall–Kier alpha value is -0.0951. The Morgan fingerprint density at radius 3 is 2.56 bits per heavy atom. The molecule has 0 radical (unpaired) electrons. The molecule has 0 bridgehead atoms. The lowest BCUT2D eigenvalue weighted by Crippen LogP contribution is -2.34. The van der Waals surface area contributed by atoms with Gasteiger partial charge in [0.1, 0.15) is 0 Å². The first-order valence-electron chi connectivity index (χ1n) is 2.91. The number of nitrogens with one attached hydrogen (secondary N) is 1. The normalized spacial score (nSPS) is 13.3. The Kier molecular flexibility index (Phi) is 4.70. The monoisotopic (exact) mass is 133 g/mol. The van der Waals surface area contributed by atoms with Crippen molar-refractivity contribution >= 4 is 7.32 Å². The van der Waals surface area contributed by atoms with E-state index in [1.165, 1.54) is 0 Å². The lowest BCUT2D eigenvalue weighted by atomic mass is 10.2. The topological polar surface area (TPSA) is 61.7 Å². The zero-order valence-electron chi connectivity index (χ0n) is 5.66. The molecular weight excluding hydrogens is 121 g/mol. The SMILES string of the molecule is CCNC(C)OB(O)O. The summed E-state index contributed by atoms with van der Waals surface area (Å²) in [6.45, 7) is 4.35. The third kappa shape index (κ3) is 5.78. The van der Waals surface area contributed by atoms with Crippen LogP contribution in [0, 0.1) is 0 Å². The van der Waals surface area contributed by atoms with Gasteiger partial charge in [0, 0.05) is 0 Å². The molecule has 0 saturated carbocycles. The fraction of sp³-hybridized carbons (Fsp3) is 1.00. The van der Waals surface area contributed by atoms with Gasteiger partial charge in [0.05, 0.1) is 6.23 Å². The van der Waals surface area contributed by atoms with Gasteiger partial charge in [-0.3, -0.25) is 5.32 Å². The molecule has 1 atom stereocenters. The van der Waals surface area contributed by atoms with Crippen LogP contribution in [-0.2, 0) is 4.65 Å². The van der Waals surface area contributed by atoms with Gasteiger partial charge >= 0.3 is 7.32 Å². The predicted octanol–water partition coefficient (Wildman–Crippen LogP) is -1.07. The fourth-order valence-electron chi connectivity index (χ4n) is 0.518. The van der Waals surface area contributed by atoms with Crippen molar-refractivity contribution in [2.75, 3.05) is 6.54 Å². The smallest absolute Gasteiger partial charge is 0.402 e. The minimum absolute atomic E-state index is 0.310. The van der Waals surface area contributed by atoms with Crippen molar-refractivity contribution in [1.82, 2.24) is 5.32 Å². The summed E-state index contributed by atoms with van der Waals surface area (Å²) >= 11 is 0. The van der Waals surface area contributed by atoms with E-state index in [1.54, 1.807) is 6.92 Å². The van der Waals surface area contributed by atoms with Crippen LogP contribution in [0.5, 0.6) is 0 Å². The zero-order valence-corrected chi connectivity index (χ0v) is 5.66. The summed E-state index contributed by atoms with van der Waals surface area (Å²) in [5.41, 5.74) is 0. The molecule has 0 aromatic heterocycles. The second-order valence-corrected chi connectivity index (χ2v) is 1.66. The van der Waals surface area contributed by atoms with Crippen molar-refractivity contribution in [2.24, 2.45) is 0 Å². The molecule has 0 aliphatic rings. The van der Waals surface area contributed by atoms with Crippen LogP contribution in [0.15, 0.2) is 0 Å². The molecule has 0 amide bonds. The fourth-order valence-corrected chi connectivity index (χ4v) is 0.518. The molecule has 0 aliphatic heterocycles. The highest BCUT2D eigenvalue weighted by Crippen LogP contribution is 1.83. The molecule has 0 aliphatic carbocycles. The van der Waals surface area contributed by atoms with Crippen LogP contribution in [0.4, 0.5) is 0 Å². The molecule has 9 heavy (non-hydrogen) atoms. The summed E-state index contributed by atoms with van der Waals surface area (Å²) < 4.78 is 4.49. The van der Waals surface area contributed by atoms with Crippen molar-refractivity contribution in [3.05, 3.63) is 0 Å². The molecule has 5 heteroatoms. The molecule has 0 aromatic carbocycles. The lowest BCUT2D eigenvalue weighted by Gasteiger charge is -2.11. The average molecular weight is 133 g/mol. The Balaban J connectivity index is 3.15. The standard InChI is InChI=1S/C4H12BNO3/c1-3-6-4(2)9-5(7)8/h4,6-8H,3H2,1-2H3. The van der Waals surface area contributed by atoms with Gasteiger partial charge in [0.2, 0.25) is 0 Å². The van der Waals surface area contributed by atoms with Crippen molar-refractivity contribution in [1.29, 1.82) is 0 Å². The van der Waals surface area contributed by atoms with E-state index in [9.17, 15) is 0 Å². The third-order valence-corrected chi connectivity index (χ3v) is 0.817. The average Bonchev–Trinajstić information content (AvgIpc) is 1.63. The molecule has 0 rings (SSSR count). The van der Waals surface area contributed by atoms with Crippen LogP contribution < -0.4 is 5.32 Å². The molecule has 0 aromatic rings. The first kappa shape index (κ1) is 8.90. The summed E-state index contributed by atoms with van der Waals surface area (Å²) in [4.78, 5) is 0. The molecular formula is C4H12BNO3. The van der Waals surface area contributed by atoms with Gasteiger partial charge in [-0.15, -0.1) is 0 Å². The van der Waals surface area contributed by atoms with Gasteiger partial charge in [0.25, 0.3) is 0 Å². The van der Waals surface area contributed by atoms with Gasteiger partial charge in [-0.1, -0.05) is 6.92 Å². The quantitative estimate of drug-likeness (QED) is 0.337. The van der Waals surface area contributed by atoms with E-state index in [0.29, 0.717) is 0 Å². The summed E-state index contributed by atoms with van der Waals surface area (Å²) in [5, 5.41) is 19.3. The Bertz CT molecular complexity index is 70.8. The molecule has 0 saturated heterocycles. The van der Waals surface area contributed by atoms with E-state index in [-0.39, 0.29) is 6.23 Å². The maximum atomic E-state index is 8.24. The highest BCUT2D eigenvalue weighted by molar-refractivity contribution is 6.32. The largest absolute Gasteiger partial charge is 0.635 e. The maximum absolute atomic E-state index is 8.24. The van der Waals surface area contributed by atoms with Crippen molar-refractivity contribution < 1.29 is 14.7 Å². The van der Waals surface area contributed by atoms with Crippen LogP contribution >= 0.6 is 0 Å². The first-order chi connectivity index (χ1) is 4.16. The van der Waals surface area contributed by atoms with Crippen molar-refractivity contribution in [2.45, 2.75) is 20.1 Å². The van der Waals surface area contributed by atoms with Crippen LogP contribution in [0.25, 0.3) is 0 Å². The molecule has 54 valence electrons. The van der Waals surface area contributed by atoms with Gasteiger partial charge in [-0.2, -0.15) is 0 Å². The molecule has 0 spiro atoms. The summed E-state index contributed by atoms with van der Waals surface area (Å²) in [6, 6.07) is 0. The van der Waals surface area contributed by atoms with Crippen LogP contribution in [-0.4, -0.2) is 30.1 Å². The van der Waals surface area contributed by atoms with Gasteiger partial charge < -0.3 is 14.7 Å². The minimum atomic E-state index is -1.68. The Labute approximate surface area is 55.0 Å². The van der Waals surface area contributed by atoms with E-state index in [2.05, 4.69) is 9.97 Å². The highest BCUT2D eigenvalue weighted by atomic mass is 16.6. The van der Waals surface area contributed by atoms with Crippen molar-refractivity contribution in [3.63, 3.8) is 0 Å². The van der Waals surface area contributed by atoms with Gasteiger partial charge in [-0.05, 0) is 13.5 Å². The number of hydrogen-bond acceptors (Lipinski definition) is 4. The van der Waals surface area contributed by atoms with Gasteiger partial charge in [-0.25, -0.2) is 0 Å². The summed E-state index contributed by atoms with van der Waals surface area (Å²) in [5.74, 6) is 0. The second-order valence-electron chi connectivity index (χ2n) is 1.66. The van der Waals surface area contributed by atoms with E-state index >= 15 is 0 Å². The van der Waals surface area contributed by atoms with E-state index in [4.69, 9.17) is 10.0 Å². The lowest BCUT2D eigenvalue weighted by molar-refractivity contribution is 0.108. The third-order valence-electron chi connectivity index (χ3n) is 0.817. The zero-order chi connectivity index (χ0) is 7.28. The molecule has 4 nitrogen and oxygen atoms in total. The Morgan fingerprint density at radius 2 is 2.22 bits per heavy atom. The van der Waals surface area contributed by atoms with E-state index in [0.717, 1.165) is 6.54 Å². The maximum Gasteiger partial charge on any atom is 0.635 e. The van der Waals surface area contributed by atoms with E-state index < -0.39 is 7.32 Å². The number of hydrogen-bond donors (Lipinski definition) is 3. The van der Waals surface area contributed by atoms with Crippen LogP contribution in [0.3, 0.4) is 0 Å². The molecule has 3 N–H and O–H groups in total. The highest BCUT2D eigenvalue weighted by Gasteiger charge is 2.11. The predicted molar refractivity (Wildman–Crippen MR) is 34.4 cm³/mol. The second kappa shape index (κ2) is 4.75. The molecule has 0 heterocycles. The molecule has 1 unspecified atom stereocenters. The first-order valence-corrected chi connectivity index (χ1v) is 2.91. The minimum Gasteiger partial charge on any atom is -0.402 e. The summed E-state index contributed by atoms with van der Waals surface area (Å²) in [6.07, 6.45) is -0.310. The van der Waals surface area contributed by atoms with Crippen LogP contribution in [0.2, 0.25) is 0 Å². The molecule has 0 fully saturated rings. The van der Waals surface area contributed by atoms with Crippen LogP contribution in [0.1, 0.15) is 13.8 Å².